The van der Waals surface area contributed by atoms with Gasteiger partial charge in [0.05, 0.1) is 0 Å². The van der Waals surface area contributed by atoms with E-state index in [-0.39, 0.29) is 5.41 Å². The molecule has 0 saturated carbocycles. The van der Waals surface area contributed by atoms with Crippen LogP contribution in [0.5, 0.6) is 11.5 Å². The molecule has 2 rings (SSSR count). The Morgan fingerprint density at radius 1 is 0.800 bits per heavy atom. The normalized spacial score (nSPS) is 12.2. The molecular formula is C23H32O2. The van der Waals surface area contributed by atoms with Gasteiger partial charge in [0, 0.05) is 5.41 Å². The summed E-state index contributed by atoms with van der Waals surface area (Å²) in [7, 11) is 0. The molecule has 0 amide bonds. The highest BCUT2D eigenvalue weighted by atomic mass is 16.3. The Morgan fingerprint density at radius 2 is 1.20 bits per heavy atom. The van der Waals surface area contributed by atoms with Gasteiger partial charge in [-0.2, -0.15) is 0 Å². The summed E-state index contributed by atoms with van der Waals surface area (Å²) < 4.78 is 0. The number of phenolic OH excluding ortho intramolecular Hbond substituents is 2. The van der Waals surface area contributed by atoms with Crippen molar-refractivity contribution in [3.63, 3.8) is 0 Å². The molecule has 0 unspecified atom stereocenters. The minimum absolute atomic E-state index is 0.157. The summed E-state index contributed by atoms with van der Waals surface area (Å²) in [5.41, 5.74) is 4.77. The van der Waals surface area contributed by atoms with Gasteiger partial charge in [0.15, 0.2) is 0 Å². The van der Waals surface area contributed by atoms with Gasteiger partial charge in [0.2, 0.25) is 0 Å². The van der Waals surface area contributed by atoms with Crippen LogP contribution in [0.25, 0.3) is 0 Å². The molecule has 2 aromatic carbocycles. The number of phenols is 2. The summed E-state index contributed by atoms with van der Waals surface area (Å²) in [5.74, 6) is 1.30. The lowest BCUT2D eigenvalue weighted by Crippen LogP contribution is -2.27. The number of hydrogen-bond donors (Lipinski definition) is 2. The first kappa shape index (κ1) is 19.4. The van der Waals surface area contributed by atoms with Crippen LogP contribution < -0.4 is 0 Å². The maximum atomic E-state index is 10.00. The van der Waals surface area contributed by atoms with Gasteiger partial charge in [0.1, 0.15) is 11.5 Å². The predicted molar refractivity (Wildman–Crippen MR) is 106 cm³/mol. The lowest BCUT2D eigenvalue weighted by molar-refractivity contribution is 0.464. The van der Waals surface area contributed by atoms with Gasteiger partial charge in [-0.25, -0.2) is 0 Å². The van der Waals surface area contributed by atoms with E-state index in [0.717, 1.165) is 12.8 Å². The van der Waals surface area contributed by atoms with Crippen molar-refractivity contribution in [1.29, 1.82) is 0 Å². The minimum Gasteiger partial charge on any atom is -0.508 e. The molecule has 25 heavy (non-hydrogen) atoms. The van der Waals surface area contributed by atoms with Gasteiger partial charge in [0.25, 0.3) is 0 Å². The Kier molecular flexibility index (Phi) is 5.82. The van der Waals surface area contributed by atoms with Gasteiger partial charge >= 0.3 is 0 Å². The van der Waals surface area contributed by atoms with Gasteiger partial charge in [-0.3, -0.25) is 0 Å². The average molecular weight is 341 g/mol. The summed E-state index contributed by atoms with van der Waals surface area (Å²) in [4.78, 5) is 0. The average Bonchev–Trinajstić information content (AvgIpc) is 2.54. The van der Waals surface area contributed by atoms with E-state index >= 15 is 0 Å². The Balaban J connectivity index is 2.77. The smallest absolute Gasteiger partial charge is 0.115 e. The molecule has 0 aliphatic heterocycles. The number of hydrogen-bond acceptors (Lipinski definition) is 2. The molecule has 0 aliphatic carbocycles. The maximum Gasteiger partial charge on any atom is 0.115 e. The van der Waals surface area contributed by atoms with E-state index in [2.05, 4.69) is 53.7 Å². The van der Waals surface area contributed by atoms with E-state index in [4.69, 9.17) is 0 Å². The molecule has 2 heteroatoms. The van der Waals surface area contributed by atoms with E-state index in [1.165, 1.54) is 22.3 Å². The standard InChI is InChI=1S/C23H32O2/c1-7-12-23(6,21-10-8-17(24)13-19(21)15(2)3)22-11-9-18(25)14-20(22)16(4)5/h8-11,13-16,24-25H,7,12H2,1-6H3. The van der Waals surface area contributed by atoms with Crippen molar-refractivity contribution in [2.75, 3.05) is 0 Å². The van der Waals surface area contributed by atoms with Gasteiger partial charge in [-0.1, -0.05) is 60.1 Å². The molecule has 0 aliphatic rings. The summed E-state index contributed by atoms with van der Waals surface area (Å²) in [6.07, 6.45) is 2.08. The first-order valence-electron chi connectivity index (χ1n) is 9.37. The molecule has 2 nitrogen and oxygen atoms in total. The topological polar surface area (TPSA) is 40.5 Å². The molecule has 0 radical (unpaired) electrons. The fourth-order valence-corrected chi connectivity index (χ4v) is 3.98. The molecular weight excluding hydrogens is 308 g/mol. The lowest BCUT2D eigenvalue weighted by atomic mass is 9.68. The first-order valence-corrected chi connectivity index (χ1v) is 9.37. The molecule has 0 saturated heterocycles. The van der Waals surface area contributed by atoms with E-state index in [1.807, 2.05) is 12.1 Å². The molecule has 0 heterocycles. The Morgan fingerprint density at radius 3 is 1.52 bits per heavy atom. The largest absolute Gasteiger partial charge is 0.508 e. The zero-order valence-corrected chi connectivity index (χ0v) is 16.4. The second-order valence-corrected chi connectivity index (χ2v) is 7.93. The number of rotatable bonds is 6. The monoisotopic (exact) mass is 340 g/mol. The van der Waals surface area contributed by atoms with Gasteiger partial charge < -0.3 is 10.2 Å². The van der Waals surface area contributed by atoms with Crippen molar-refractivity contribution in [1.82, 2.24) is 0 Å². The van der Waals surface area contributed by atoms with Crippen LogP contribution in [-0.4, -0.2) is 10.2 Å². The Labute approximate surface area is 152 Å². The van der Waals surface area contributed by atoms with Crippen LogP contribution in [0.1, 0.15) is 88.5 Å². The van der Waals surface area contributed by atoms with Crippen molar-refractivity contribution in [2.45, 2.75) is 71.6 Å². The molecule has 136 valence electrons. The van der Waals surface area contributed by atoms with Crippen LogP contribution in [0, 0.1) is 0 Å². The molecule has 2 aromatic rings. The number of aromatic hydroxyl groups is 2. The molecule has 0 atom stereocenters. The van der Waals surface area contributed by atoms with Crippen LogP contribution in [0.15, 0.2) is 36.4 Å². The highest BCUT2D eigenvalue weighted by molar-refractivity contribution is 5.51. The van der Waals surface area contributed by atoms with Gasteiger partial charge in [-0.15, -0.1) is 0 Å². The summed E-state index contributed by atoms with van der Waals surface area (Å²) in [5, 5.41) is 20.0. The van der Waals surface area contributed by atoms with Crippen molar-refractivity contribution < 1.29 is 10.2 Å². The highest BCUT2D eigenvalue weighted by Crippen LogP contribution is 2.44. The third kappa shape index (κ3) is 3.84. The predicted octanol–water partition coefficient (Wildman–Crippen LogP) is 6.45. The van der Waals surface area contributed by atoms with Crippen molar-refractivity contribution >= 4 is 0 Å². The maximum absolute atomic E-state index is 10.00. The molecule has 2 N–H and O–H groups in total. The van der Waals surface area contributed by atoms with Crippen molar-refractivity contribution in [3.8, 4) is 11.5 Å². The quantitative estimate of drug-likeness (QED) is 0.634. The van der Waals surface area contributed by atoms with Crippen LogP contribution in [0.4, 0.5) is 0 Å². The summed E-state index contributed by atoms with van der Waals surface area (Å²) in [6, 6.07) is 11.6. The fraction of sp³-hybridized carbons (Fsp3) is 0.478. The summed E-state index contributed by atoms with van der Waals surface area (Å²) in [6.45, 7) is 13.2. The molecule has 0 fully saturated rings. The van der Waals surface area contributed by atoms with Crippen LogP contribution >= 0.6 is 0 Å². The Bertz CT molecular complexity index is 671. The zero-order valence-electron chi connectivity index (χ0n) is 16.4. The molecule has 0 bridgehead atoms. The van der Waals surface area contributed by atoms with Crippen LogP contribution in [-0.2, 0) is 5.41 Å². The van der Waals surface area contributed by atoms with Crippen molar-refractivity contribution in [2.24, 2.45) is 0 Å². The number of benzene rings is 2. The van der Waals surface area contributed by atoms with Crippen LogP contribution in [0.2, 0.25) is 0 Å². The lowest BCUT2D eigenvalue weighted by Gasteiger charge is -2.36. The third-order valence-electron chi connectivity index (χ3n) is 5.25. The minimum atomic E-state index is -0.157. The highest BCUT2D eigenvalue weighted by Gasteiger charge is 2.33. The first-order chi connectivity index (χ1) is 11.7. The van der Waals surface area contributed by atoms with Gasteiger partial charge in [-0.05, 0) is 64.8 Å². The molecule has 0 spiro atoms. The van der Waals surface area contributed by atoms with E-state index in [1.54, 1.807) is 12.1 Å². The van der Waals surface area contributed by atoms with E-state index in [9.17, 15) is 10.2 Å². The Hall–Kier alpha value is -1.96. The summed E-state index contributed by atoms with van der Waals surface area (Å²) >= 11 is 0. The molecule has 0 aromatic heterocycles. The zero-order chi connectivity index (χ0) is 18.8. The second-order valence-electron chi connectivity index (χ2n) is 7.93. The SMILES string of the molecule is CCCC(C)(c1ccc(O)cc1C(C)C)c1ccc(O)cc1C(C)C. The van der Waals surface area contributed by atoms with E-state index in [0.29, 0.717) is 23.3 Å². The van der Waals surface area contributed by atoms with Crippen molar-refractivity contribution in [3.05, 3.63) is 58.7 Å². The fourth-order valence-electron chi connectivity index (χ4n) is 3.98. The third-order valence-corrected chi connectivity index (χ3v) is 5.25. The van der Waals surface area contributed by atoms with E-state index < -0.39 is 0 Å². The second kappa shape index (κ2) is 7.51. The van der Waals surface area contributed by atoms with Crippen LogP contribution in [0.3, 0.4) is 0 Å².